The molecule has 1 heterocycles. The van der Waals surface area contributed by atoms with Crippen LogP contribution in [0.1, 0.15) is 18.9 Å². The van der Waals surface area contributed by atoms with Crippen molar-refractivity contribution in [3.63, 3.8) is 0 Å². The zero-order valence-electron chi connectivity index (χ0n) is 12.9. The predicted molar refractivity (Wildman–Crippen MR) is 86.9 cm³/mol. The zero-order valence-corrected chi connectivity index (χ0v) is 12.9. The second kappa shape index (κ2) is 8.53. The number of carbonyl (C=O) groups is 2. The Morgan fingerprint density at radius 3 is 2.39 bits per heavy atom. The van der Waals surface area contributed by atoms with Crippen LogP contribution in [0.5, 0.6) is 5.75 Å². The first kappa shape index (κ1) is 16.5. The third-order valence-electron chi connectivity index (χ3n) is 2.99. The van der Waals surface area contributed by atoms with Gasteiger partial charge in [0, 0.05) is 24.6 Å². The Bertz CT molecular complexity index is 642. The lowest BCUT2D eigenvalue weighted by Crippen LogP contribution is -2.34. The molecular formula is C17H19N3O3. The molecule has 23 heavy (non-hydrogen) atoms. The van der Waals surface area contributed by atoms with Crippen molar-refractivity contribution < 1.29 is 14.3 Å². The van der Waals surface area contributed by atoms with Gasteiger partial charge in [0.25, 0.3) is 0 Å². The highest BCUT2D eigenvalue weighted by Crippen LogP contribution is 2.15. The minimum absolute atomic E-state index is 0.276. The van der Waals surface area contributed by atoms with E-state index in [4.69, 9.17) is 4.74 Å². The number of benzene rings is 1. The summed E-state index contributed by atoms with van der Waals surface area (Å²) in [7, 11) is 0. The van der Waals surface area contributed by atoms with E-state index in [9.17, 15) is 9.59 Å². The maximum atomic E-state index is 11.8. The largest absolute Gasteiger partial charge is 0.494 e. The summed E-state index contributed by atoms with van der Waals surface area (Å²) < 4.78 is 5.45. The highest BCUT2D eigenvalue weighted by molar-refractivity contribution is 6.39. The van der Waals surface area contributed by atoms with Crippen LogP contribution in [0, 0.1) is 0 Å². The number of amides is 2. The summed E-state index contributed by atoms with van der Waals surface area (Å²) in [5.41, 5.74) is 1.41. The Morgan fingerprint density at radius 2 is 1.74 bits per heavy atom. The number of aromatic nitrogens is 1. The number of rotatable bonds is 6. The van der Waals surface area contributed by atoms with Gasteiger partial charge in [0.15, 0.2) is 0 Å². The lowest BCUT2D eigenvalue weighted by molar-refractivity contribution is -0.136. The number of carbonyl (C=O) groups excluding carboxylic acids is 2. The smallest absolute Gasteiger partial charge is 0.313 e. The summed E-state index contributed by atoms with van der Waals surface area (Å²) in [5, 5.41) is 5.10. The van der Waals surface area contributed by atoms with Gasteiger partial charge in [-0.2, -0.15) is 0 Å². The molecule has 1 aromatic heterocycles. The van der Waals surface area contributed by atoms with Crippen LogP contribution in [0.3, 0.4) is 0 Å². The molecule has 6 heteroatoms. The number of hydrogen-bond donors (Lipinski definition) is 2. The standard InChI is InChI=1S/C17H19N3O3/c1-2-11-23-15-5-3-14(4-6-15)20-17(22)16(21)19-12-13-7-9-18-10-8-13/h3-10H,2,11-12H2,1H3,(H,19,21)(H,20,22). The van der Waals surface area contributed by atoms with Crippen molar-refractivity contribution in [2.75, 3.05) is 11.9 Å². The van der Waals surface area contributed by atoms with Crippen molar-refractivity contribution in [1.82, 2.24) is 10.3 Å². The molecule has 2 N–H and O–H groups in total. The number of anilines is 1. The fourth-order valence-electron chi connectivity index (χ4n) is 1.81. The number of nitrogens with one attached hydrogen (secondary N) is 2. The number of pyridine rings is 1. The second-order valence-corrected chi connectivity index (χ2v) is 4.87. The van der Waals surface area contributed by atoms with Crippen LogP contribution in [0.2, 0.25) is 0 Å². The normalized spacial score (nSPS) is 9.96. The molecule has 1 aromatic carbocycles. The number of ether oxygens (including phenoxy) is 1. The first-order chi connectivity index (χ1) is 11.2. The van der Waals surface area contributed by atoms with E-state index in [2.05, 4.69) is 15.6 Å². The summed E-state index contributed by atoms with van der Waals surface area (Å²) in [5.74, 6) is -0.665. The van der Waals surface area contributed by atoms with Gasteiger partial charge in [-0.25, -0.2) is 0 Å². The highest BCUT2D eigenvalue weighted by Gasteiger charge is 2.13. The Balaban J connectivity index is 1.82. The summed E-state index contributed by atoms with van der Waals surface area (Å²) in [6.07, 6.45) is 4.18. The molecule has 0 saturated heterocycles. The van der Waals surface area contributed by atoms with Crippen molar-refractivity contribution in [1.29, 1.82) is 0 Å². The van der Waals surface area contributed by atoms with Gasteiger partial charge in [0.1, 0.15) is 5.75 Å². The van der Waals surface area contributed by atoms with Crippen LogP contribution in [0.25, 0.3) is 0 Å². The monoisotopic (exact) mass is 313 g/mol. The van der Waals surface area contributed by atoms with Gasteiger partial charge in [0.2, 0.25) is 0 Å². The van der Waals surface area contributed by atoms with Crippen LogP contribution >= 0.6 is 0 Å². The molecule has 2 rings (SSSR count). The molecule has 0 saturated carbocycles. The molecule has 0 bridgehead atoms. The first-order valence-electron chi connectivity index (χ1n) is 7.40. The van der Waals surface area contributed by atoms with Gasteiger partial charge in [0.05, 0.1) is 6.61 Å². The summed E-state index contributed by atoms with van der Waals surface area (Å²) in [6.45, 7) is 2.95. The fraction of sp³-hybridized carbons (Fsp3) is 0.235. The second-order valence-electron chi connectivity index (χ2n) is 4.87. The van der Waals surface area contributed by atoms with Crippen LogP contribution in [-0.2, 0) is 16.1 Å². The molecule has 120 valence electrons. The van der Waals surface area contributed by atoms with Crippen LogP contribution in [0.15, 0.2) is 48.8 Å². The molecule has 0 spiro atoms. The van der Waals surface area contributed by atoms with Crippen LogP contribution < -0.4 is 15.4 Å². The van der Waals surface area contributed by atoms with Crippen LogP contribution in [0.4, 0.5) is 5.69 Å². The third kappa shape index (κ3) is 5.43. The molecule has 0 aliphatic carbocycles. The third-order valence-corrected chi connectivity index (χ3v) is 2.99. The van der Waals surface area contributed by atoms with Crippen molar-refractivity contribution >= 4 is 17.5 Å². The Kier molecular flexibility index (Phi) is 6.11. The minimum Gasteiger partial charge on any atom is -0.494 e. The molecule has 0 atom stereocenters. The number of nitrogens with zero attached hydrogens (tertiary/aromatic N) is 1. The average molecular weight is 313 g/mol. The molecule has 0 unspecified atom stereocenters. The Labute approximate surface area is 134 Å². The lowest BCUT2D eigenvalue weighted by Gasteiger charge is -2.08. The number of hydrogen-bond acceptors (Lipinski definition) is 4. The molecule has 0 aliphatic heterocycles. The van der Waals surface area contributed by atoms with Gasteiger partial charge in [-0.15, -0.1) is 0 Å². The van der Waals surface area contributed by atoms with Crippen molar-refractivity contribution in [3.8, 4) is 5.75 Å². The molecule has 0 fully saturated rings. The molecule has 6 nitrogen and oxygen atoms in total. The summed E-state index contributed by atoms with van der Waals surface area (Å²) in [6, 6.07) is 10.4. The zero-order chi connectivity index (χ0) is 16.5. The Morgan fingerprint density at radius 1 is 1.04 bits per heavy atom. The van der Waals surface area contributed by atoms with E-state index in [1.807, 2.05) is 6.92 Å². The van der Waals surface area contributed by atoms with E-state index in [0.29, 0.717) is 12.3 Å². The Hall–Kier alpha value is -2.89. The quantitative estimate of drug-likeness (QED) is 0.801. The van der Waals surface area contributed by atoms with Crippen molar-refractivity contribution in [3.05, 3.63) is 54.4 Å². The average Bonchev–Trinajstić information content (AvgIpc) is 2.60. The van der Waals surface area contributed by atoms with Gasteiger partial charge in [-0.3, -0.25) is 14.6 Å². The van der Waals surface area contributed by atoms with Gasteiger partial charge >= 0.3 is 11.8 Å². The van der Waals surface area contributed by atoms with E-state index in [0.717, 1.165) is 17.7 Å². The van der Waals surface area contributed by atoms with Gasteiger partial charge in [-0.05, 0) is 48.4 Å². The van der Waals surface area contributed by atoms with Crippen molar-refractivity contribution in [2.45, 2.75) is 19.9 Å². The molecule has 2 amide bonds. The van der Waals surface area contributed by atoms with Crippen molar-refractivity contribution in [2.24, 2.45) is 0 Å². The molecular weight excluding hydrogens is 294 g/mol. The van der Waals surface area contributed by atoms with E-state index in [1.54, 1.807) is 48.8 Å². The van der Waals surface area contributed by atoms with E-state index in [1.165, 1.54) is 0 Å². The van der Waals surface area contributed by atoms with E-state index < -0.39 is 11.8 Å². The minimum atomic E-state index is -0.707. The van der Waals surface area contributed by atoms with Gasteiger partial charge < -0.3 is 15.4 Å². The predicted octanol–water partition coefficient (Wildman–Crippen LogP) is 2.13. The first-order valence-corrected chi connectivity index (χ1v) is 7.40. The maximum absolute atomic E-state index is 11.8. The molecule has 2 aromatic rings. The molecule has 0 aliphatic rings. The van der Waals surface area contributed by atoms with Crippen LogP contribution in [-0.4, -0.2) is 23.4 Å². The fourth-order valence-corrected chi connectivity index (χ4v) is 1.81. The summed E-state index contributed by atoms with van der Waals surface area (Å²) >= 11 is 0. The van der Waals surface area contributed by atoms with E-state index in [-0.39, 0.29) is 6.54 Å². The molecule has 0 radical (unpaired) electrons. The highest BCUT2D eigenvalue weighted by atomic mass is 16.5. The lowest BCUT2D eigenvalue weighted by atomic mass is 10.2. The van der Waals surface area contributed by atoms with Gasteiger partial charge in [-0.1, -0.05) is 6.92 Å². The SMILES string of the molecule is CCCOc1ccc(NC(=O)C(=O)NCc2ccncc2)cc1. The maximum Gasteiger partial charge on any atom is 0.313 e. The summed E-state index contributed by atoms with van der Waals surface area (Å²) in [4.78, 5) is 27.5. The topological polar surface area (TPSA) is 80.3 Å². The van der Waals surface area contributed by atoms with E-state index >= 15 is 0 Å².